The first-order valence-corrected chi connectivity index (χ1v) is 6.01. The van der Waals surface area contributed by atoms with Gasteiger partial charge in [-0.05, 0) is 34.6 Å². The molecular formula is C13H21N3O. The van der Waals surface area contributed by atoms with Gasteiger partial charge in [-0.2, -0.15) is 0 Å². The third-order valence-electron chi connectivity index (χ3n) is 2.81. The predicted molar refractivity (Wildman–Crippen MR) is 68.2 cm³/mol. The molecule has 4 heteroatoms. The Morgan fingerprint density at radius 3 is 2.24 bits per heavy atom. The van der Waals surface area contributed by atoms with Crippen LogP contribution in [0.25, 0.3) is 0 Å². The van der Waals surface area contributed by atoms with Crippen LogP contribution < -0.4 is 4.90 Å². The van der Waals surface area contributed by atoms with Crippen molar-refractivity contribution in [3.8, 4) is 0 Å². The zero-order chi connectivity index (χ0) is 12.7. The minimum atomic E-state index is -0.152. The molecule has 1 aliphatic rings. The molecule has 1 saturated heterocycles. The van der Waals surface area contributed by atoms with Gasteiger partial charge in [-0.25, -0.2) is 9.97 Å². The first kappa shape index (κ1) is 12.3. The Balaban J connectivity index is 2.27. The second kappa shape index (κ2) is 3.95. The highest BCUT2D eigenvalue weighted by Gasteiger charge is 2.38. The van der Waals surface area contributed by atoms with E-state index in [9.17, 15) is 0 Å². The lowest BCUT2D eigenvalue weighted by atomic mass is 9.99. The highest BCUT2D eigenvalue weighted by Crippen LogP contribution is 2.30. The number of morpholine rings is 1. The number of hydrogen-bond acceptors (Lipinski definition) is 4. The lowest BCUT2D eigenvalue weighted by molar-refractivity contribution is -0.133. The predicted octanol–water partition coefficient (Wildman–Crippen LogP) is 2.18. The van der Waals surface area contributed by atoms with E-state index in [2.05, 4.69) is 42.6 Å². The third kappa shape index (κ3) is 2.94. The molecule has 4 nitrogen and oxygen atoms in total. The lowest BCUT2D eigenvalue weighted by Gasteiger charge is -2.47. The number of aromatic nitrogens is 2. The van der Waals surface area contributed by atoms with Gasteiger partial charge in [0.05, 0.1) is 11.2 Å². The summed E-state index contributed by atoms with van der Waals surface area (Å²) in [6.07, 6.45) is 1.63. The van der Waals surface area contributed by atoms with Gasteiger partial charge in [0.1, 0.15) is 12.1 Å². The van der Waals surface area contributed by atoms with E-state index in [1.807, 2.05) is 13.0 Å². The maximum atomic E-state index is 6.06. The second-order valence-electron chi connectivity index (χ2n) is 6.00. The highest BCUT2D eigenvalue weighted by molar-refractivity contribution is 5.40. The Kier molecular flexibility index (Phi) is 2.86. The number of rotatable bonds is 1. The quantitative estimate of drug-likeness (QED) is 0.748. The summed E-state index contributed by atoms with van der Waals surface area (Å²) in [5.41, 5.74) is 0.693. The van der Waals surface area contributed by atoms with Crippen LogP contribution >= 0.6 is 0 Å². The summed E-state index contributed by atoms with van der Waals surface area (Å²) in [5, 5.41) is 0. The van der Waals surface area contributed by atoms with Crippen molar-refractivity contribution in [1.29, 1.82) is 0 Å². The zero-order valence-electron chi connectivity index (χ0n) is 11.3. The van der Waals surface area contributed by atoms with Gasteiger partial charge in [-0.15, -0.1) is 0 Å². The van der Waals surface area contributed by atoms with Crippen LogP contribution in [0.1, 0.15) is 33.4 Å². The molecule has 0 atom stereocenters. The molecule has 94 valence electrons. The molecule has 0 saturated carbocycles. The standard InChI is InChI=1S/C13H21N3O/c1-10-6-11(15-9-14-10)16-7-12(2,3)17-13(4,5)8-16/h6,9H,7-8H2,1-5H3. The minimum Gasteiger partial charge on any atom is -0.366 e. The lowest BCUT2D eigenvalue weighted by Crippen LogP contribution is -2.57. The maximum Gasteiger partial charge on any atom is 0.132 e. The summed E-state index contributed by atoms with van der Waals surface area (Å²) >= 11 is 0. The van der Waals surface area contributed by atoms with Gasteiger partial charge in [0.2, 0.25) is 0 Å². The van der Waals surface area contributed by atoms with Gasteiger partial charge in [0.15, 0.2) is 0 Å². The number of anilines is 1. The van der Waals surface area contributed by atoms with Crippen molar-refractivity contribution in [3.05, 3.63) is 18.1 Å². The molecule has 2 heterocycles. The molecule has 0 bridgehead atoms. The van der Waals surface area contributed by atoms with Crippen molar-refractivity contribution in [1.82, 2.24) is 9.97 Å². The van der Waals surface area contributed by atoms with Gasteiger partial charge in [-0.3, -0.25) is 0 Å². The van der Waals surface area contributed by atoms with Crippen LogP contribution in [-0.2, 0) is 4.74 Å². The molecule has 0 aliphatic carbocycles. The van der Waals surface area contributed by atoms with E-state index in [1.54, 1.807) is 6.33 Å². The third-order valence-corrected chi connectivity index (χ3v) is 2.81. The molecule has 1 aromatic heterocycles. The normalized spacial score (nSPS) is 22.5. The van der Waals surface area contributed by atoms with Gasteiger partial charge >= 0.3 is 0 Å². The van der Waals surface area contributed by atoms with Gasteiger partial charge in [0.25, 0.3) is 0 Å². The average molecular weight is 235 g/mol. The molecule has 1 fully saturated rings. The fraction of sp³-hybridized carbons (Fsp3) is 0.692. The monoisotopic (exact) mass is 235 g/mol. The SMILES string of the molecule is Cc1cc(N2CC(C)(C)OC(C)(C)C2)ncn1. The summed E-state index contributed by atoms with van der Waals surface area (Å²) in [6, 6.07) is 2.03. The number of nitrogens with zero attached hydrogens (tertiary/aromatic N) is 3. The molecule has 0 aromatic carbocycles. The Morgan fingerprint density at radius 2 is 1.71 bits per heavy atom. The molecule has 0 N–H and O–H groups in total. The van der Waals surface area contributed by atoms with E-state index < -0.39 is 0 Å². The molecule has 17 heavy (non-hydrogen) atoms. The summed E-state index contributed by atoms with van der Waals surface area (Å²) in [6.45, 7) is 12.2. The van der Waals surface area contributed by atoms with Gasteiger partial charge < -0.3 is 9.64 Å². The van der Waals surface area contributed by atoms with Crippen LogP contribution in [0.3, 0.4) is 0 Å². The molecule has 1 aliphatic heterocycles. The fourth-order valence-corrected chi connectivity index (χ4v) is 2.56. The summed E-state index contributed by atoms with van der Waals surface area (Å²) < 4.78 is 6.06. The van der Waals surface area contributed by atoms with E-state index in [4.69, 9.17) is 4.74 Å². The highest BCUT2D eigenvalue weighted by atomic mass is 16.5. The van der Waals surface area contributed by atoms with E-state index in [0.717, 1.165) is 24.6 Å². The van der Waals surface area contributed by atoms with Gasteiger partial charge in [-0.1, -0.05) is 0 Å². The maximum absolute atomic E-state index is 6.06. The second-order valence-corrected chi connectivity index (χ2v) is 6.00. The Hall–Kier alpha value is -1.16. The Labute approximate surface area is 103 Å². The molecule has 0 radical (unpaired) electrons. The van der Waals surface area contributed by atoms with E-state index >= 15 is 0 Å². The van der Waals surface area contributed by atoms with Crippen molar-refractivity contribution in [2.24, 2.45) is 0 Å². The van der Waals surface area contributed by atoms with Crippen LogP contribution in [0.5, 0.6) is 0 Å². The average Bonchev–Trinajstić information content (AvgIpc) is 2.12. The molecule has 0 amide bonds. The summed E-state index contributed by atoms with van der Waals surface area (Å²) in [7, 11) is 0. The van der Waals surface area contributed by atoms with Crippen LogP contribution in [0.15, 0.2) is 12.4 Å². The molecule has 0 spiro atoms. The number of hydrogen-bond donors (Lipinski definition) is 0. The van der Waals surface area contributed by atoms with Crippen LogP contribution in [0, 0.1) is 6.92 Å². The smallest absolute Gasteiger partial charge is 0.132 e. The van der Waals surface area contributed by atoms with E-state index in [1.165, 1.54) is 0 Å². The van der Waals surface area contributed by atoms with Crippen molar-refractivity contribution < 1.29 is 4.74 Å². The molecule has 1 aromatic rings. The van der Waals surface area contributed by atoms with Crippen LogP contribution in [-0.4, -0.2) is 34.3 Å². The van der Waals surface area contributed by atoms with Crippen molar-refractivity contribution >= 4 is 5.82 Å². The largest absolute Gasteiger partial charge is 0.366 e. The molecule has 2 rings (SSSR count). The topological polar surface area (TPSA) is 38.2 Å². The van der Waals surface area contributed by atoms with Crippen molar-refractivity contribution in [2.45, 2.75) is 45.8 Å². The van der Waals surface area contributed by atoms with Crippen molar-refractivity contribution in [2.75, 3.05) is 18.0 Å². The Bertz CT molecular complexity index is 399. The number of ether oxygens (including phenoxy) is 1. The van der Waals surface area contributed by atoms with Gasteiger partial charge in [0, 0.05) is 24.8 Å². The zero-order valence-corrected chi connectivity index (χ0v) is 11.3. The summed E-state index contributed by atoms with van der Waals surface area (Å²) in [5.74, 6) is 0.988. The first-order valence-electron chi connectivity index (χ1n) is 6.01. The molecule has 0 unspecified atom stereocenters. The van der Waals surface area contributed by atoms with Crippen LogP contribution in [0.4, 0.5) is 5.82 Å². The van der Waals surface area contributed by atoms with Crippen molar-refractivity contribution in [3.63, 3.8) is 0 Å². The molecular weight excluding hydrogens is 214 g/mol. The van der Waals surface area contributed by atoms with E-state index in [0.29, 0.717) is 0 Å². The summed E-state index contributed by atoms with van der Waals surface area (Å²) in [4.78, 5) is 10.8. The fourth-order valence-electron chi connectivity index (χ4n) is 2.56. The minimum absolute atomic E-state index is 0.152. The van der Waals surface area contributed by atoms with Crippen LogP contribution in [0.2, 0.25) is 0 Å². The number of aryl methyl sites for hydroxylation is 1. The van der Waals surface area contributed by atoms with E-state index in [-0.39, 0.29) is 11.2 Å². The first-order chi connectivity index (χ1) is 7.77. The Morgan fingerprint density at radius 1 is 1.12 bits per heavy atom.